The molecule has 0 saturated carbocycles. The van der Waals surface area contributed by atoms with Crippen LogP contribution in [-0.4, -0.2) is 19.6 Å². The van der Waals surface area contributed by atoms with Crippen LogP contribution >= 0.6 is 11.3 Å². The Morgan fingerprint density at radius 1 is 1.15 bits per heavy atom. The molecular weight excluding hydrogens is 266 g/mol. The zero-order valence-electron chi connectivity index (χ0n) is 12.0. The van der Waals surface area contributed by atoms with E-state index in [9.17, 15) is 0 Å². The SMILES string of the molecule is CN=C(NCc1ccccc1)NCC(C)c1cccs1. The second-order valence-electron chi connectivity index (χ2n) is 4.71. The molecule has 2 N–H and O–H groups in total. The molecular formula is C16H21N3S. The highest BCUT2D eigenvalue weighted by atomic mass is 32.1. The number of benzene rings is 1. The van der Waals surface area contributed by atoms with Crippen LogP contribution in [0.1, 0.15) is 23.3 Å². The van der Waals surface area contributed by atoms with Gasteiger partial charge in [0.25, 0.3) is 0 Å². The Labute approximate surface area is 124 Å². The van der Waals surface area contributed by atoms with E-state index in [1.807, 2.05) is 18.2 Å². The Hall–Kier alpha value is -1.81. The van der Waals surface area contributed by atoms with Crippen molar-refractivity contribution in [1.29, 1.82) is 0 Å². The second-order valence-corrected chi connectivity index (χ2v) is 5.69. The molecule has 1 heterocycles. The first-order valence-electron chi connectivity index (χ1n) is 6.81. The summed E-state index contributed by atoms with van der Waals surface area (Å²) in [5, 5.41) is 8.82. The van der Waals surface area contributed by atoms with Gasteiger partial charge in [-0.25, -0.2) is 0 Å². The minimum absolute atomic E-state index is 0.491. The topological polar surface area (TPSA) is 36.4 Å². The van der Waals surface area contributed by atoms with Gasteiger partial charge < -0.3 is 10.6 Å². The maximum absolute atomic E-state index is 4.25. The first kappa shape index (κ1) is 14.6. The predicted octanol–water partition coefficient (Wildman–Crippen LogP) is 3.22. The standard InChI is InChI=1S/C16H21N3S/c1-13(15-9-6-10-20-15)11-18-16(17-2)19-12-14-7-4-3-5-8-14/h3-10,13H,11-12H2,1-2H3,(H2,17,18,19). The van der Waals surface area contributed by atoms with E-state index in [1.54, 1.807) is 18.4 Å². The third-order valence-corrected chi connectivity index (χ3v) is 4.23. The molecule has 2 rings (SSSR count). The van der Waals surface area contributed by atoms with Gasteiger partial charge in [0.2, 0.25) is 0 Å². The van der Waals surface area contributed by atoms with Gasteiger partial charge in [-0.3, -0.25) is 4.99 Å². The summed E-state index contributed by atoms with van der Waals surface area (Å²) in [4.78, 5) is 5.65. The molecule has 2 aromatic rings. The van der Waals surface area contributed by atoms with Gasteiger partial charge in [0, 0.05) is 30.9 Å². The number of nitrogens with one attached hydrogen (secondary N) is 2. The average Bonchev–Trinajstić information content (AvgIpc) is 3.02. The zero-order valence-corrected chi connectivity index (χ0v) is 12.8. The fourth-order valence-electron chi connectivity index (χ4n) is 1.92. The minimum Gasteiger partial charge on any atom is -0.356 e. The molecule has 106 valence electrons. The highest BCUT2D eigenvalue weighted by molar-refractivity contribution is 7.10. The van der Waals surface area contributed by atoms with E-state index in [-0.39, 0.29) is 0 Å². The van der Waals surface area contributed by atoms with Crippen LogP contribution in [0.25, 0.3) is 0 Å². The van der Waals surface area contributed by atoms with Crippen molar-refractivity contribution in [3.05, 3.63) is 58.3 Å². The molecule has 3 nitrogen and oxygen atoms in total. The van der Waals surface area contributed by atoms with Gasteiger partial charge in [-0.15, -0.1) is 11.3 Å². The van der Waals surface area contributed by atoms with E-state index in [4.69, 9.17) is 0 Å². The largest absolute Gasteiger partial charge is 0.356 e. The summed E-state index contributed by atoms with van der Waals surface area (Å²) in [7, 11) is 1.80. The molecule has 0 aliphatic carbocycles. The fourth-order valence-corrected chi connectivity index (χ4v) is 2.71. The highest BCUT2D eigenvalue weighted by Gasteiger charge is 2.07. The van der Waals surface area contributed by atoms with Crippen molar-refractivity contribution in [3.8, 4) is 0 Å². The summed E-state index contributed by atoms with van der Waals surface area (Å²) in [6, 6.07) is 14.6. The smallest absolute Gasteiger partial charge is 0.191 e. The van der Waals surface area contributed by atoms with Gasteiger partial charge in [-0.2, -0.15) is 0 Å². The first-order chi connectivity index (χ1) is 9.79. The zero-order chi connectivity index (χ0) is 14.2. The first-order valence-corrected chi connectivity index (χ1v) is 7.69. The Morgan fingerprint density at radius 2 is 1.95 bits per heavy atom. The van der Waals surface area contributed by atoms with Crippen LogP contribution in [0.15, 0.2) is 52.8 Å². The molecule has 0 amide bonds. The quantitative estimate of drug-likeness (QED) is 0.654. The number of thiophene rings is 1. The molecule has 0 aliphatic heterocycles. The van der Waals surface area contributed by atoms with Crippen molar-refractivity contribution >= 4 is 17.3 Å². The molecule has 0 aliphatic rings. The van der Waals surface area contributed by atoms with E-state index in [0.29, 0.717) is 5.92 Å². The molecule has 1 unspecified atom stereocenters. The molecule has 0 radical (unpaired) electrons. The van der Waals surface area contributed by atoms with E-state index >= 15 is 0 Å². The van der Waals surface area contributed by atoms with Gasteiger partial charge in [-0.1, -0.05) is 43.3 Å². The number of guanidine groups is 1. The van der Waals surface area contributed by atoms with Crippen molar-refractivity contribution in [1.82, 2.24) is 10.6 Å². The second kappa shape index (κ2) is 7.70. The summed E-state index contributed by atoms with van der Waals surface area (Å²) >= 11 is 1.80. The lowest BCUT2D eigenvalue weighted by molar-refractivity contribution is 0.708. The van der Waals surface area contributed by atoms with Crippen LogP contribution in [0, 0.1) is 0 Å². The van der Waals surface area contributed by atoms with Crippen molar-refractivity contribution in [2.45, 2.75) is 19.4 Å². The fraction of sp³-hybridized carbons (Fsp3) is 0.312. The van der Waals surface area contributed by atoms with Gasteiger partial charge >= 0.3 is 0 Å². The van der Waals surface area contributed by atoms with E-state index in [2.05, 4.69) is 52.2 Å². The lowest BCUT2D eigenvalue weighted by atomic mass is 10.1. The monoisotopic (exact) mass is 287 g/mol. The molecule has 20 heavy (non-hydrogen) atoms. The summed E-state index contributed by atoms with van der Waals surface area (Å²) in [5.41, 5.74) is 1.25. The number of hydrogen-bond donors (Lipinski definition) is 2. The van der Waals surface area contributed by atoms with E-state index in [0.717, 1.165) is 19.0 Å². The third kappa shape index (κ3) is 4.38. The summed E-state index contributed by atoms with van der Waals surface area (Å²) in [5.74, 6) is 1.34. The lowest BCUT2D eigenvalue weighted by Gasteiger charge is -2.15. The molecule has 0 bridgehead atoms. The lowest BCUT2D eigenvalue weighted by Crippen LogP contribution is -2.38. The normalized spacial score (nSPS) is 13.0. The third-order valence-electron chi connectivity index (χ3n) is 3.13. The van der Waals surface area contributed by atoms with Crippen LogP contribution in [0.4, 0.5) is 0 Å². The van der Waals surface area contributed by atoms with Gasteiger partial charge in [0.05, 0.1) is 0 Å². The summed E-state index contributed by atoms with van der Waals surface area (Å²) in [6.45, 7) is 3.90. The molecule has 0 fully saturated rings. The Kier molecular flexibility index (Phi) is 5.62. The van der Waals surface area contributed by atoms with Crippen molar-refractivity contribution in [2.24, 2.45) is 4.99 Å². The molecule has 4 heteroatoms. The maximum Gasteiger partial charge on any atom is 0.191 e. The molecule has 1 aromatic heterocycles. The number of aliphatic imine (C=N–C) groups is 1. The van der Waals surface area contributed by atoms with Crippen LogP contribution < -0.4 is 10.6 Å². The molecule has 0 saturated heterocycles. The van der Waals surface area contributed by atoms with Crippen molar-refractivity contribution in [3.63, 3.8) is 0 Å². The van der Waals surface area contributed by atoms with Crippen molar-refractivity contribution in [2.75, 3.05) is 13.6 Å². The summed E-state index contributed by atoms with van der Waals surface area (Å²) in [6.07, 6.45) is 0. The summed E-state index contributed by atoms with van der Waals surface area (Å²) < 4.78 is 0. The van der Waals surface area contributed by atoms with Crippen LogP contribution in [0.5, 0.6) is 0 Å². The number of hydrogen-bond acceptors (Lipinski definition) is 2. The number of rotatable bonds is 5. The van der Waals surface area contributed by atoms with E-state index < -0.39 is 0 Å². The van der Waals surface area contributed by atoms with Crippen LogP contribution in [0.3, 0.4) is 0 Å². The van der Waals surface area contributed by atoms with Crippen LogP contribution in [-0.2, 0) is 6.54 Å². The minimum atomic E-state index is 0.491. The average molecular weight is 287 g/mol. The number of nitrogens with zero attached hydrogens (tertiary/aromatic N) is 1. The van der Waals surface area contributed by atoms with E-state index in [1.165, 1.54) is 10.4 Å². The molecule has 1 aromatic carbocycles. The van der Waals surface area contributed by atoms with Crippen LogP contribution in [0.2, 0.25) is 0 Å². The Morgan fingerprint density at radius 3 is 2.60 bits per heavy atom. The Balaban J connectivity index is 1.78. The van der Waals surface area contributed by atoms with Gasteiger partial charge in [-0.05, 0) is 17.0 Å². The molecule has 0 spiro atoms. The highest BCUT2D eigenvalue weighted by Crippen LogP contribution is 2.19. The maximum atomic E-state index is 4.25. The van der Waals surface area contributed by atoms with Crippen molar-refractivity contribution < 1.29 is 0 Å². The Bertz CT molecular complexity index is 520. The molecule has 1 atom stereocenters. The predicted molar refractivity (Wildman–Crippen MR) is 87.4 cm³/mol. The van der Waals surface area contributed by atoms with Gasteiger partial charge in [0.1, 0.15) is 0 Å². The van der Waals surface area contributed by atoms with Gasteiger partial charge in [0.15, 0.2) is 5.96 Å².